The lowest BCUT2D eigenvalue weighted by Gasteiger charge is -2.07. The fourth-order valence-corrected chi connectivity index (χ4v) is 2.63. The van der Waals surface area contributed by atoms with Gasteiger partial charge in [-0.1, -0.05) is 18.2 Å². The molecule has 2 aromatic carbocycles. The van der Waals surface area contributed by atoms with Gasteiger partial charge in [-0.25, -0.2) is 4.79 Å². The summed E-state index contributed by atoms with van der Waals surface area (Å²) in [5.74, 6) is -3.30. The zero-order valence-electron chi connectivity index (χ0n) is 16.0. The van der Waals surface area contributed by atoms with Crippen LogP contribution >= 0.6 is 0 Å². The average molecular weight is 409 g/mol. The number of amides is 1. The number of carboxylic acids is 1. The SMILES string of the molecule is CC(C(=O)O)C(=O)NCc1ccc(C(=O)Oc2ccc3cc(C(=N)N)ccc3c2)o1. The van der Waals surface area contributed by atoms with E-state index in [1.807, 2.05) is 0 Å². The Morgan fingerprint density at radius 2 is 1.83 bits per heavy atom. The molecule has 1 aromatic heterocycles. The number of carboxylic acid groups (broad SMARTS) is 1. The van der Waals surface area contributed by atoms with Crippen LogP contribution in [-0.2, 0) is 16.1 Å². The second kappa shape index (κ2) is 8.48. The lowest BCUT2D eigenvalue weighted by atomic mass is 10.1. The van der Waals surface area contributed by atoms with E-state index >= 15 is 0 Å². The number of benzene rings is 2. The molecule has 0 fully saturated rings. The maximum Gasteiger partial charge on any atom is 0.379 e. The van der Waals surface area contributed by atoms with Gasteiger partial charge in [0.05, 0.1) is 6.54 Å². The first-order chi connectivity index (χ1) is 14.2. The van der Waals surface area contributed by atoms with Crippen LogP contribution in [0.25, 0.3) is 10.8 Å². The number of nitrogens with two attached hydrogens (primary N) is 1. The largest absolute Gasteiger partial charge is 0.481 e. The molecular weight excluding hydrogens is 390 g/mol. The molecule has 9 nitrogen and oxygen atoms in total. The van der Waals surface area contributed by atoms with Crippen molar-refractivity contribution in [3.8, 4) is 5.75 Å². The lowest BCUT2D eigenvalue weighted by molar-refractivity contribution is -0.146. The van der Waals surface area contributed by atoms with Gasteiger partial charge in [0.15, 0.2) is 0 Å². The Labute approximate surface area is 170 Å². The third-order valence-electron chi connectivity index (χ3n) is 4.40. The molecule has 0 aliphatic rings. The number of aliphatic carboxylic acids is 1. The molecule has 0 bridgehead atoms. The fourth-order valence-electron chi connectivity index (χ4n) is 2.63. The number of nitrogen functional groups attached to an aromatic ring is 1. The van der Waals surface area contributed by atoms with Crippen molar-refractivity contribution in [2.45, 2.75) is 13.5 Å². The summed E-state index contributed by atoms with van der Waals surface area (Å²) in [6.45, 7) is 1.21. The molecule has 1 unspecified atom stereocenters. The number of rotatable bonds is 7. The zero-order valence-corrected chi connectivity index (χ0v) is 16.0. The van der Waals surface area contributed by atoms with Crippen LogP contribution in [0.1, 0.15) is 28.8 Å². The summed E-state index contributed by atoms with van der Waals surface area (Å²) in [6, 6.07) is 13.2. The maximum absolute atomic E-state index is 12.3. The Hall–Kier alpha value is -4.14. The number of furan rings is 1. The molecule has 0 aliphatic heterocycles. The first-order valence-corrected chi connectivity index (χ1v) is 8.94. The number of carbonyl (C=O) groups is 3. The van der Waals surface area contributed by atoms with Gasteiger partial charge in [-0.15, -0.1) is 0 Å². The third-order valence-corrected chi connectivity index (χ3v) is 4.40. The van der Waals surface area contributed by atoms with Gasteiger partial charge in [-0.2, -0.15) is 0 Å². The number of fused-ring (bicyclic) bond motifs is 1. The van der Waals surface area contributed by atoms with E-state index in [-0.39, 0.29) is 23.9 Å². The Morgan fingerprint density at radius 1 is 1.13 bits per heavy atom. The van der Waals surface area contributed by atoms with E-state index < -0.39 is 23.8 Å². The Bertz CT molecular complexity index is 1150. The molecule has 154 valence electrons. The van der Waals surface area contributed by atoms with Crippen molar-refractivity contribution >= 4 is 34.5 Å². The van der Waals surface area contributed by atoms with Crippen LogP contribution in [-0.4, -0.2) is 28.8 Å². The number of hydrogen-bond acceptors (Lipinski definition) is 6. The predicted octanol–water partition coefficient (Wildman–Crippen LogP) is 2.27. The van der Waals surface area contributed by atoms with Crippen LogP contribution in [0.15, 0.2) is 52.9 Å². The molecule has 5 N–H and O–H groups in total. The first-order valence-electron chi connectivity index (χ1n) is 8.94. The van der Waals surface area contributed by atoms with Crippen LogP contribution < -0.4 is 15.8 Å². The average Bonchev–Trinajstić information content (AvgIpc) is 3.20. The van der Waals surface area contributed by atoms with E-state index in [1.165, 1.54) is 19.1 Å². The second-order valence-corrected chi connectivity index (χ2v) is 6.57. The third kappa shape index (κ3) is 4.64. The Kier molecular flexibility index (Phi) is 5.82. The molecule has 1 heterocycles. The molecule has 0 radical (unpaired) electrons. The highest BCUT2D eigenvalue weighted by molar-refractivity contribution is 5.99. The van der Waals surface area contributed by atoms with Gasteiger partial charge in [-0.3, -0.25) is 15.0 Å². The van der Waals surface area contributed by atoms with E-state index in [4.69, 9.17) is 25.4 Å². The molecule has 3 rings (SSSR count). The summed E-state index contributed by atoms with van der Waals surface area (Å²) in [5, 5.41) is 20.4. The molecule has 1 atom stereocenters. The summed E-state index contributed by atoms with van der Waals surface area (Å²) in [4.78, 5) is 34.8. The van der Waals surface area contributed by atoms with Gasteiger partial charge in [0.1, 0.15) is 23.3 Å². The maximum atomic E-state index is 12.3. The smallest absolute Gasteiger partial charge is 0.379 e. The van der Waals surface area contributed by atoms with E-state index in [1.54, 1.807) is 36.4 Å². The van der Waals surface area contributed by atoms with Crippen molar-refractivity contribution in [2.24, 2.45) is 11.7 Å². The summed E-state index contributed by atoms with van der Waals surface area (Å²) < 4.78 is 10.7. The van der Waals surface area contributed by atoms with Crippen molar-refractivity contribution in [3.05, 3.63) is 65.6 Å². The second-order valence-electron chi connectivity index (χ2n) is 6.57. The predicted molar refractivity (Wildman–Crippen MR) is 107 cm³/mol. The van der Waals surface area contributed by atoms with E-state index in [0.717, 1.165) is 10.8 Å². The lowest BCUT2D eigenvalue weighted by Crippen LogP contribution is -2.32. The van der Waals surface area contributed by atoms with Gasteiger partial charge >= 0.3 is 11.9 Å². The van der Waals surface area contributed by atoms with E-state index in [9.17, 15) is 14.4 Å². The summed E-state index contributed by atoms with van der Waals surface area (Å²) >= 11 is 0. The van der Waals surface area contributed by atoms with Gasteiger partial charge in [0, 0.05) is 5.56 Å². The van der Waals surface area contributed by atoms with E-state index in [2.05, 4.69) is 5.32 Å². The van der Waals surface area contributed by atoms with Crippen LogP contribution in [0.2, 0.25) is 0 Å². The minimum atomic E-state index is -1.23. The molecule has 9 heteroatoms. The van der Waals surface area contributed by atoms with Crippen molar-refractivity contribution in [2.75, 3.05) is 0 Å². The van der Waals surface area contributed by atoms with Crippen molar-refractivity contribution < 1.29 is 28.6 Å². The van der Waals surface area contributed by atoms with Crippen molar-refractivity contribution in [1.82, 2.24) is 5.32 Å². The molecule has 30 heavy (non-hydrogen) atoms. The molecule has 3 aromatic rings. The molecule has 0 saturated heterocycles. The number of esters is 1. The molecule has 1 amide bonds. The number of nitrogens with one attached hydrogen (secondary N) is 2. The monoisotopic (exact) mass is 409 g/mol. The van der Waals surface area contributed by atoms with Crippen LogP contribution in [0.3, 0.4) is 0 Å². The number of ether oxygens (including phenoxy) is 1. The number of amidine groups is 1. The van der Waals surface area contributed by atoms with Crippen molar-refractivity contribution in [3.63, 3.8) is 0 Å². The summed E-state index contributed by atoms with van der Waals surface area (Å²) in [6.07, 6.45) is 0. The highest BCUT2D eigenvalue weighted by atomic mass is 16.5. The highest BCUT2D eigenvalue weighted by Crippen LogP contribution is 2.23. The Balaban J connectivity index is 1.65. The van der Waals surface area contributed by atoms with Crippen LogP contribution in [0, 0.1) is 11.3 Å². The minimum Gasteiger partial charge on any atom is -0.481 e. The molecular formula is C21H19N3O6. The van der Waals surface area contributed by atoms with Crippen LogP contribution in [0.5, 0.6) is 5.75 Å². The Morgan fingerprint density at radius 3 is 2.53 bits per heavy atom. The van der Waals surface area contributed by atoms with Crippen LogP contribution in [0.4, 0.5) is 0 Å². The highest BCUT2D eigenvalue weighted by Gasteiger charge is 2.21. The normalized spacial score (nSPS) is 11.6. The number of carbonyl (C=O) groups excluding carboxylic acids is 2. The summed E-state index contributed by atoms with van der Waals surface area (Å²) in [5.41, 5.74) is 6.08. The zero-order chi connectivity index (χ0) is 21.8. The number of hydrogen-bond donors (Lipinski definition) is 4. The van der Waals surface area contributed by atoms with Crippen molar-refractivity contribution in [1.29, 1.82) is 5.41 Å². The van der Waals surface area contributed by atoms with E-state index in [0.29, 0.717) is 11.3 Å². The minimum absolute atomic E-state index is 0.0327. The topological polar surface area (TPSA) is 156 Å². The summed E-state index contributed by atoms with van der Waals surface area (Å²) in [7, 11) is 0. The molecule has 0 aliphatic carbocycles. The fraction of sp³-hybridized carbons (Fsp3) is 0.143. The quantitative estimate of drug-likeness (QED) is 0.153. The molecule has 0 spiro atoms. The van der Waals surface area contributed by atoms with Gasteiger partial charge in [-0.05, 0) is 48.0 Å². The molecule has 0 saturated carbocycles. The standard InChI is InChI=1S/C21H19N3O6/c1-11(20(26)27)19(25)24-10-16-6-7-17(29-16)21(28)30-15-5-4-12-8-14(18(22)23)3-2-13(12)9-15/h2-9,11H,10H2,1H3,(H3,22,23)(H,24,25)(H,26,27). The van der Waals surface area contributed by atoms with Gasteiger partial charge < -0.3 is 25.3 Å². The van der Waals surface area contributed by atoms with Gasteiger partial charge in [0.25, 0.3) is 0 Å². The first kappa shape index (κ1) is 20.6. The van der Waals surface area contributed by atoms with Gasteiger partial charge in [0.2, 0.25) is 11.7 Å².